The van der Waals surface area contributed by atoms with Gasteiger partial charge in [0.1, 0.15) is 23.0 Å². The van der Waals surface area contributed by atoms with Gasteiger partial charge in [0.25, 0.3) is 0 Å². The van der Waals surface area contributed by atoms with Crippen molar-refractivity contribution in [3.63, 3.8) is 0 Å². The molecule has 1 aliphatic rings. The van der Waals surface area contributed by atoms with Crippen molar-refractivity contribution in [2.45, 2.75) is 0 Å². The van der Waals surface area contributed by atoms with Crippen molar-refractivity contribution in [2.24, 2.45) is 0 Å². The molecule has 3 rings (SSSR count). The Morgan fingerprint density at radius 2 is 0.906 bits per heavy atom. The lowest BCUT2D eigenvalue weighted by molar-refractivity contribution is 0.0448. The number of carbonyl (C=O) groups excluding carboxylic acids is 2. The summed E-state index contributed by atoms with van der Waals surface area (Å²) < 4.78 is 41.9. The second-order valence-corrected chi connectivity index (χ2v) is 6.55. The lowest BCUT2D eigenvalue weighted by Crippen LogP contribution is -2.24. The van der Waals surface area contributed by atoms with Crippen molar-refractivity contribution in [1.29, 1.82) is 0 Å². The van der Waals surface area contributed by atoms with E-state index in [4.69, 9.17) is 37.9 Å². The van der Waals surface area contributed by atoms with Crippen LogP contribution in [0.5, 0.6) is 23.0 Å². The molecule has 0 radical (unpaired) electrons. The Labute approximate surface area is 184 Å². The maximum absolute atomic E-state index is 13.5. The third-order valence-electron chi connectivity index (χ3n) is 4.45. The summed E-state index contributed by atoms with van der Waals surface area (Å²) in [5.41, 5.74) is 0.391. The highest BCUT2D eigenvalue weighted by Gasteiger charge is 2.36. The first-order valence-electron chi connectivity index (χ1n) is 9.48. The Balaban J connectivity index is 2.16. The van der Waals surface area contributed by atoms with Crippen LogP contribution in [0.3, 0.4) is 0 Å². The smallest absolute Gasteiger partial charge is 0.201 e. The molecule has 0 heterocycles. The third-order valence-corrected chi connectivity index (χ3v) is 4.45. The molecule has 0 aliphatic heterocycles. The summed E-state index contributed by atoms with van der Waals surface area (Å²) in [5.74, 6) is -0.0186. The molecule has 0 amide bonds. The summed E-state index contributed by atoms with van der Waals surface area (Å²) in [5, 5.41) is 0. The molecule has 1 aliphatic carbocycles. The van der Waals surface area contributed by atoms with Gasteiger partial charge in [-0.25, -0.2) is 0 Å². The molecule has 0 unspecified atom stereocenters. The molecule has 2 aromatic rings. The first-order valence-corrected chi connectivity index (χ1v) is 9.48. The van der Waals surface area contributed by atoms with Gasteiger partial charge in [-0.2, -0.15) is 0 Å². The Morgan fingerprint density at radius 3 is 1.28 bits per heavy atom. The van der Waals surface area contributed by atoms with Crippen LogP contribution in [0.4, 0.5) is 0 Å². The predicted octanol–water partition coefficient (Wildman–Crippen LogP) is 2.39. The molecule has 0 saturated heterocycles. The maximum Gasteiger partial charge on any atom is 0.201 e. The third kappa shape index (κ3) is 4.83. The summed E-state index contributed by atoms with van der Waals surface area (Å²) in [6.45, 7) is -0.368. The normalized spacial score (nSPS) is 12.2. The lowest BCUT2D eigenvalue weighted by Gasteiger charge is -2.24. The van der Waals surface area contributed by atoms with E-state index in [2.05, 4.69) is 0 Å². The zero-order chi connectivity index (χ0) is 23.1. The summed E-state index contributed by atoms with van der Waals surface area (Å²) in [4.78, 5) is 27.0. The Kier molecular flexibility index (Phi) is 8.01. The number of hydrogen-bond acceptors (Lipinski definition) is 10. The molecule has 0 atom stereocenters. The van der Waals surface area contributed by atoms with Crippen LogP contribution < -0.4 is 18.9 Å². The first kappa shape index (κ1) is 23.5. The van der Waals surface area contributed by atoms with E-state index in [0.717, 1.165) is 0 Å². The minimum absolute atomic E-state index is 0.0504. The molecule has 172 valence electrons. The van der Waals surface area contributed by atoms with Gasteiger partial charge in [-0.1, -0.05) is 0 Å². The van der Waals surface area contributed by atoms with Gasteiger partial charge in [0.15, 0.2) is 33.0 Å². The van der Waals surface area contributed by atoms with Crippen molar-refractivity contribution < 1.29 is 47.5 Å². The van der Waals surface area contributed by atoms with E-state index in [1.54, 1.807) is 0 Å². The van der Waals surface area contributed by atoms with Crippen molar-refractivity contribution in [1.82, 2.24) is 0 Å². The van der Waals surface area contributed by atoms with E-state index in [1.165, 1.54) is 52.7 Å². The number of hydrogen-bond donors (Lipinski definition) is 0. The highest BCUT2D eigenvalue weighted by Crippen LogP contribution is 2.41. The van der Waals surface area contributed by atoms with Crippen LogP contribution in [-0.2, 0) is 18.9 Å². The minimum Gasteiger partial charge on any atom is -0.467 e. The quantitative estimate of drug-likeness (QED) is 0.383. The summed E-state index contributed by atoms with van der Waals surface area (Å²) >= 11 is 0. The van der Waals surface area contributed by atoms with Crippen molar-refractivity contribution in [3.8, 4) is 23.0 Å². The number of benzene rings is 2. The number of carbonyl (C=O) groups is 2. The maximum atomic E-state index is 13.5. The van der Waals surface area contributed by atoms with E-state index in [9.17, 15) is 9.59 Å². The average Bonchev–Trinajstić information content (AvgIpc) is 2.81. The zero-order valence-corrected chi connectivity index (χ0v) is 18.2. The van der Waals surface area contributed by atoms with Crippen LogP contribution >= 0.6 is 0 Å². The zero-order valence-electron chi connectivity index (χ0n) is 18.2. The highest BCUT2D eigenvalue weighted by atomic mass is 16.7. The van der Waals surface area contributed by atoms with Crippen LogP contribution in [0, 0.1) is 0 Å². The Morgan fingerprint density at radius 1 is 0.531 bits per heavy atom. The standard InChI is InChI=1S/C22H24O10/c1-25-9-29-13-5-15-19(17(7-13)31-11-27-3)22(24)20-16(21(15)23)6-14(30-10-26-2)8-18(20)32-12-28-4/h5-8H,9-12H2,1-4H3. The van der Waals surface area contributed by atoms with Crippen LogP contribution in [0.2, 0.25) is 0 Å². The molecular formula is C22H24O10. The summed E-state index contributed by atoms with van der Waals surface area (Å²) in [7, 11) is 5.82. The predicted molar refractivity (Wildman–Crippen MR) is 110 cm³/mol. The molecular weight excluding hydrogens is 424 g/mol. The number of fused-ring (bicyclic) bond motifs is 2. The van der Waals surface area contributed by atoms with Gasteiger partial charge in [-0.15, -0.1) is 0 Å². The molecule has 0 N–H and O–H groups in total. The Hall–Kier alpha value is -3.18. The van der Waals surface area contributed by atoms with Gasteiger partial charge in [0.2, 0.25) is 5.78 Å². The largest absolute Gasteiger partial charge is 0.467 e. The topological polar surface area (TPSA) is 108 Å². The van der Waals surface area contributed by atoms with E-state index in [1.807, 2.05) is 0 Å². The van der Waals surface area contributed by atoms with E-state index >= 15 is 0 Å². The number of ether oxygens (including phenoxy) is 8. The number of methoxy groups -OCH3 is 4. The summed E-state index contributed by atoms with van der Waals surface area (Å²) in [6.07, 6.45) is 0. The molecule has 10 heteroatoms. The van der Waals surface area contributed by atoms with Gasteiger partial charge in [0, 0.05) is 51.7 Å². The molecule has 0 saturated carbocycles. The monoisotopic (exact) mass is 448 g/mol. The number of rotatable bonds is 12. The fourth-order valence-electron chi connectivity index (χ4n) is 3.17. The molecule has 0 bridgehead atoms. The minimum atomic E-state index is -0.455. The molecule has 2 aromatic carbocycles. The van der Waals surface area contributed by atoms with E-state index in [-0.39, 0.29) is 60.9 Å². The molecule has 0 aromatic heterocycles. The van der Waals surface area contributed by atoms with Crippen LogP contribution in [0.15, 0.2) is 24.3 Å². The second-order valence-electron chi connectivity index (χ2n) is 6.55. The van der Waals surface area contributed by atoms with Gasteiger partial charge in [0.05, 0.1) is 11.1 Å². The van der Waals surface area contributed by atoms with Crippen LogP contribution in [-0.4, -0.2) is 67.2 Å². The van der Waals surface area contributed by atoms with Gasteiger partial charge in [-0.05, 0) is 12.1 Å². The molecule has 32 heavy (non-hydrogen) atoms. The van der Waals surface area contributed by atoms with Gasteiger partial charge < -0.3 is 37.9 Å². The van der Waals surface area contributed by atoms with Gasteiger partial charge in [-0.3, -0.25) is 9.59 Å². The SMILES string of the molecule is COCOc1cc(OCOC)c2c(c1)C(=O)c1cc(OCOC)cc(OCOC)c1C2=O. The fraction of sp³-hybridized carbons (Fsp3) is 0.364. The summed E-state index contributed by atoms with van der Waals surface area (Å²) in [6, 6.07) is 5.93. The van der Waals surface area contributed by atoms with Gasteiger partial charge >= 0.3 is 0 Å². The number of ketones is 2. The van der Waals surface area contributed by atoms with E-state index in [0.29, 0.717) is 11.5 Å². The lowest BCUT2D eigenvalue weighted by atomic mass is 9.82. The Bertz CT molecular complexity index is 910. The van der Waals surface area contributed by atoms with Crippen molar-refractivity contribution in [3.05, 3.63) is 46.5 Å². The highest BCUT2D eigenvalue weighted by molar-refractivity contribution is 6.30. The average molecular weight is 448 g/mol. The van der Waals surface area contributed by atoms with E-state index < -0.39 is 11.6 Å². The molecule has 0 fully saturated rings. The van der Waals surface area contributed by atoms with Crippen LogP contribution in [0.1, 0.15) is 31.8 Å². The van der Waals surface area contributed by atoms with Crippen LogP contribution in [0.25, 0.3) is 0 Å². The van der Waals surface area contributed by atoms with Crippen molar-refractivity contribution >= 4 is 11.6 Å². The molecule has 10 nitrogen and oxygen atoms in total. The fourth-order valence-corrected chi connectivity index (χ4v) is 3.17. The second kappa shape index (κ2) is 10.9. The first-order chi connectivity index (χ1) is 15.5. The van der Waals surface area contributed by atoms with Crippen molar-refractivity contribution in [2.75, 3.05) is 55.6 Å². The molecule has 0 spiro atoms.